The van der Waals surface area contributed by atoms with Crippen LogP contribution in [-0.4, -0.2) is 77.7 Å². The monoisotopic (exact) mass is 1480 g/mol. The Kier molecular flexibility index (Phi) is 21.5. The van der Waals surface area contributed by atoms with Gasteiger partial charge < -0.3 is 24.8 Å². The Balaban J connectivity index is 0.000000126. The third kappa shape index (κ3) is 17.4. The van der Waals surface area contributed by atoms with E-state index in [9.17, 15) is 45.5 Å². The molecule has 4 amide bonds. The van der Waals surface area contributed by atoms with Crippen LogP contribution in [0, 0.1) is 20.8 Å². The molecule has 4 N–H and O–H groups in total. The summed E-state index contributed by atoms with van der Waals surface area (Å²) in [6.45, 7) is 7.38. The average Bonchev–Trinajstić information content (AvgIpc) is 1.67. The van der Waals surface area contributed by atoms with Crippen molar-refractivity contribution in [1.29, 1.82) is 0 Å². The highest BCUT2D eigenvalue weighted by atomic mass is 32.1. The molecule has 0 spiro atoms. The van der Waals surface area contributed by atoms with Crippen LogP contribution in [0.1, 0.15) is 92.1 Å². The zero-order valence-electron chi connectivity index (χ0n) is 56.9. The van der Waals surface area contributed by atoms with Crippen molar-refractivity contribution in [3.63, 3.8) is 0 Å². The van der Waals surface area contributed by atoms with Crippen LogP contribution in [0.3, 0.4) is 0 Å². The number of aryl methyl sites for hydroxylation is 3. The molecule has 0 aliphatic heterocycles. The van der Waals surface area contributed by atoms with E-state index >= 15 is 0 Å². The van der Waals surface area contributed by atoms with Gasteiger partial charge in [-0.15, -0.1) is 22.7 Å². The van der Waals surface area contributed by atoms with Crippen molar-refractivity contribution in [3.05, 3.63) is 314 Å². The first-order valence-corrected chi connectivity index (χ1v) is 34.7. The number of pyridine rings is 1. The van der Waals surface area contributed by atoms with Gasteiger partial charge in [-0.3, -0.25) is 38.5 Å². The van der Waals surface area contributed by atoms with Gasteiger partial charge in [0.2, 0.25) is 0 Å². The second-order valence-electron chi connectivity index (χ2n) is 24.2. The van der Waals surface area contributed by atoms with Crippen LogP contribution >= 0.6 is 22.7 Å². The minimum atomic E-state index is -4.39. The zero-order valence-corrected chi connectivity index (χ0v) is 58.5. The molecular weight excluding hydrogens is 1420 g/mol. The Morgan fingerprint density at radius 1 is 0.467 bits per heavy atom. The Hall–Kier alpha value is -13.2. The van der Waals surface area contributed by atoms with E-state index in [0.29, 0.717) is 86.1 Å². The number of hydrogen-bond acceptors (Lipinski definition) is 15. The molecule has 16 rings (SSSR count). The van der Waals surface area contributed by atoms with Gasteiger partial charge in [-0.25, -0.2) is 19.6 Å². The minimum absolute atomic E-state index is 0.201. The number of fused-ring (bicyclic) bond motifs is 4. The van der Waals surface area contributed by atoms with E-state index in [0.717, 1.165) is 73.8 Å². The summed E-state index contributed by atoms with van der Waals surface area (Å²) in [6.07, 6.45) is -2.88. The number of nitrogens with one attached hydrogen (secondary N) is 4. The maximum atomic E-state index is 12.8. The number of aromatic nitrogens is 11. The van der Waals surface area contributed by atoms with Gasteiger partial charge in [0.15, 0.2) is 33.9 Å². The predicted molar refractivity (Wildman–Crippen MR) is 397 cm³/mol. The van der Waals surface area contributed by atoms with Gasteiger partial charge in [0.25, 0.3) is 23.6 Å². The molecule has 0 atom stereocenters. The van der Waals surface area contributed by atoms with Crippen LogP contribution < -0.4 is 21.3 Å². The summed E-state index contributed by atoms with van der Waals surface area (Å²) in [4.78, 5) is 62.3. The summed E-state index contributed by atoms with van der Waals surface area (Å²) in [5.41, 5.74) is 10.5. The Morgan fingerprint density at radius 3 is 1.50 bits per heavy atom. The maximum absolute atomic E-state index is 12.8. The quantitative estimate of drug-likeness (QED) is 0.0658. The van der Waals surface area contributed by atoms with Crippen molar-refractivity contribution in [2.45, 2.75) is 59.3 Å². The number of rotatable bonds is 16. The third-order valence-electron chi connectivity index (χ3n) is 16.7. The second kappa shape index (κ2) is 31.8. The number of halogens is 6. The highest BCUT2D eigenvalue weighted by Crippen LogP contribution is 2.33. The number of hydrogen-bond donors (Lipinski definition) is 4. The lowest BCUT2D eigenvalue weighted by Gasteiger charge is -2.08. The predicted octanol–water partition coefficient (Wildman–Crippen LogP) is 17.8. The van der Waals surface area contributed by atoms with Gasteiger partial charge in [0.1, 0.15) is 17.7 Å². The molecule has 21 nitrogen and oxygen atoms in total. The fourth-order valence-electron chi connectivity index (χ4n) is 11.3. The molecule has 0 aliphatic rings. The molecule has 538 valence electrons. The number of amides is 4. The fourth-order valence-corrected chi connectivity index (χ4v) is 12.4. The molecule has 7 aromatic carbocycles. The summed E-state index contributed by atoms with van der Waals surface area (Å²) >= 11 is 2.70. The summed E-state index contributed by atoms with van der Waals surface area (Å²) in [5, 5.41) is 36.4. The summed E-state index contributed by atoms with van der Waals surface area (Å²) < 4.78 is 93.6. The van der Waals surface area contributed by atoms with E-state index in [1.54, 1.807) is 51.6 Å². The molecule has 0 aliphatic carbocycles. The molecule has 0 saturated heterocycles. The normalized spacial score (nSPS) is 11.3. The van der Waals surface area contributed by atoms with Gasteiger partial charge in [-0.2, -0.15) is 46.7 Å². The fraction of sp³-hybridized carbons (Fsp3) is 0.115. The van der Waals surface area contributed by atoms with Gasteiger partial charge in [-0.05, 0) is 122 Å². The standard InChI is InChI=1S/C21H19N3O2.C20H15F3N4O2.C19H13F3N4OS.C18H14N4OS/c1-14-7-9-16(10-8-14)13-24-19-6-4-3-5-18(19)20(23-24)22-21(25)17-11-12-26-15(17)2;1-12-2-7-16-17(25-19(28)14-8-9-29-11-14)26-27(18(16)24-12)10-13-3-5-15(6-4-13)20(21,22)23;20-19(21,22)13-7-5-12(6-8-13)9-26-16-4-2-1-3-14(16)17(25-26)24-18(27)15-10-28-11-23-15;23-17(20-18-19-10-11-24-18)16-14-8-4-5-9-15(14)22(21-16)12-13-6-2-1-3-7-13/h3-12H,13H2,1-2H3,(H,22,23,25);2-9,11H,10H2,1H3,(H,25,26,28);1-8,10-11H,9H2,(H,24,25,27);1-11H,12H2,(H,19,20,23). The summed E-state index contributed by atoms with van der Waals surface area (Å²) in [5.74, 6) is 0.608. The molecule has 9 aromatic heterocycles. The molecule has 0 fully saturated rings. The molecule has 0 radical (unpaired) electrons. The van der Waals surface area contributed by atoms with Gasteiger partial charge in [0.05, 0.1) is 88.4 Å². The highest BCUT2D eigenvalue weighted by Gasteiger charge is 2.31. The lowest BCUT2D eigenvalue weighted by molar-refractivity contribution is -0.138. The summed E-state index contributed by atoms with van der Waals surface area (Å²) in [7, 11) is 0. The van der Waals surface area contributed by atoms with E-state index in [-0.39, 0.29) is 36.7 Å². The largest absolute Gasteiger partial charge is 0.472 e. The molecule has 0 saturated carbocycles. The van der Waals surface area contributed by atoms with Gasteiger partial charge in [0, 0.05) is 38.8 Å². The van der Waals surface area contributed by atoms with Crippen LogP contribution in [-0.2, 0) is 38.5 Å². The van der Waals surface area contributed by atoms with Gasteiger partial charge >= 0.3 is 12.4 Å². The molecule has 0 unspecified atom stereocenters. The molecule has 0 bridgehead atoms. The molecule has 9 heterocycles. The number of anilines is 4. The molecule has 29 heteroatoms. The maximum Gasteiger partial charge on any atom is 0.416 e. The number of alkyl halides is 6. The van der Waals surface area contributed by atoms with Crippen LogP contribution in [0.15, 0.2) is 250 Å². The van der Waals surface area contributed by atoms with Crippen molar-refractivity contribution >= 4 is 113 Å². The second-order valence-corrected chi connectivity index (χ2v) is 25.8. The molecule has 16 aromatic rings. The average molecular weight is 1480 g/mol. The van der Waals surface area contributed by atoms with Crippen molar-refractivity contribution < 1.29 is 54.4 Å². The van der Waals surface area contributed by atoms with E-state index in [1.807, 2.05) is 125 Å². The van der Waals surface area contributed by atoms with Crippen molar-refractivity contribution in [2.75, 3.05) is 21.3 Å². The molecule has 107 heavy (non-hydrogen) atoms. The van der Waals surface area contributed by atoms with E-state index < -0.39 is 23.5 Å². The number of thiazole rings is 2. The first kappa shape index (κ1) is 72.2. The Bertz CT molecular complexity index is 5760. The van der Waals surface area contributed by atoms with Crippen LogP contribution in [0.4, 0.5) is 48.9 Å². The number of para-hydroxylation sites is 3. The van der Waals surface area contributed by atoms with Gasteiger partial charge in [-0.1, -0.05) is 127 Å². The Morgan fingerprint density at radius 2 is 0.972 bits per heavy atom. The number of nitrogens with zero attached hydrogens (tertiary/aromatic N) is 11. The summed E-state index contributed by atoms with van der Waals surface area (Å²) in [6, 6.07) is 58.0. The lowest BCUT2D eigenvalue weighted by Crippen LogP contribution is -2.13. The van der Waals surface area contributed by atoms with Crippen LogP contribution in [0.25, 0.3) is 43.7 Å². The number of furan rings is 2. The first-order chi connectivity index (χ1) is 51.6. The number of benzene rings is 7. The van der Waals surface area contributed by atoms with Crippen molar-refractivity contribution in [3.8, 4) is 0 Å². The first-order valence-electron chi connectivity index (χ1n) is 32.9. The van der Waals surface area contributed by atoms with E-state index in [4.69, 9.17) is 8.83 Å². The minimum Gasteiger partial charge on any atom is -0.472 e. The third-order valence-corrected chi connectivity index (χ3v) is 18.0. The van der Waals surface area contributed by atoms with Crippen LogP contribution in [0.2, 0.25) is 0 Å². The zero-order chi connectivity index (χ0) is 74.8. The SMILES string of the molecule is Cc1ccc(Cn2nc(NC(=O)c3ccoc3C)c3ccccc32)cc1.Cc1ccc2c(NC(=O)c3ccoc3)nn(Cc3ccc(C(F)(F)F)cc3)c2n1.O=C(Nc1nccs1)c1nn(Cc2ccccc2)c2ccccc12.O=C(Nc1nn(Cc2ccc(C(F)(F)F)cc2)c2ccccc12)c1cscn1. The topological polar surface area (TPSA) is 253 Å². The van der Waals surface area contributed by atoms with Crippen LogP contribution in [0.5, 0.6) is 0 Å². The number of carbonyl (C=O) groups is 4. The molecular formula is C78H61F6N15O6S2. The highest BCUT2D eigenvalue weighted by molar-refractivity contribution is 7.13. The Labute approximate surface area is 612 Å². The number of carbonyl (C=O) groups excluding carboxylic acids is 4. The van der Waals surface area contributed by atoms with Crippen molar-refractivity contribution in [1.82, 2.24) is 54.1 Å². The van der Waals surface area contributed by atoms with Crippen molar-refractivity contribution in [2.24, 2.45) is 0 Å². The lowest BCUT2D eigenvalue weighted by atomic mass is 10.1. The smallest absolute Gasteiger partial charge is 0.416 e. The van der Waals surface area contributed by atoms with E-state index in [2.05, 4.69) is 87.8 Å². The van der Waals surface area contributed by atoms with E-state index in [1.165, 1.54) is 77.4 Å².